The van der Waals surface area contributed by atoms with Gasteiger partial charge in [0.05, 0.1) is 40.0 Å². The van der Waals surface area contributed by atoms with Crippen LogP contribution < -0.4 is 15.8 Å². The van der Waals surface area contributed by atoms with Crippen LogP contribution in [0.3, 0.4) is 0 Å². The molecule has 0 bridgehead atoms. The minimum absolute atomic E-state index is 0.00214. The fraction of sp³-hybridized carbons (Fsp3) is 0.407. The Bertz CT molecular complexity index is 2960. The van der Waals surface area contributed by atoms with E-state index < -0.39 is 47.3 Å². The zero-order valence-corrected chi connectivity index (χ0v) is 41.9. The lowest BCUT2D eigenvalue weighted by molar-refractivity contribution is -0.156. The monoisotopic (exact) mass is 986 g/mol. The molecule has 3 amide bonds. The molecule has 6 aromatic rings. The molecule has 0 radical (unpaired) electrons. The number of nitrogens with one attached hydrogen (secondary N) is 1. The Kier molecular flexibility index (Phi) is 15.8. The molecule has 1 aliphatic carbocycles. The number of primary amides is 1. The standard InChI is InChI=1S/C54H62N6O10S/c1-32-47(34(3)70-58-32)38-23-42(51(55)63)48-41-26-40(17-18-43(41)59(44(48)24-38)27-35-11-8-7-9-12-35)68-22-21-66-19-10-20-67-30-46(62)57-50(54(4,5)6)52(64)60-28-39(61)25-45(60)53(65)69-29-36-13-15-37(16-14-36)49-33(2)56-31-71-49/h7-8,11,13-18,23-24,26,31,39,45,50,61H,9-10,12,19-22,25,27-30H2,1-6H3,(H2,55,63)(H,57,62)/t39-,45+,50-/m1/s1. The van der Waals surface area contributed by atoms with Gasteiger partial charge in [-0.25, -0.2) is 9.78 Å². The second kappa shape index (κ2) is 22.2. The van der Waals surface area contributed by atoms with Gasteiger partial charge >= 0.3 is 5.97 Å². The average molecular weight is 987 g/mol. The number of thiazole rings is 1. The molecule has 0 saturated carbocycles. The lowest BCUT2D eigenvalue weighted by Gasteiger charge is -2.35. The second-order valence-electron chi connectivity index (χ2n) is 19.2. The van der Waals surface area contributed by atoms with Gasteiger partial charge in [-0.2, -0.15) is 0 Å². The van der Waals surface area contributed by atoms with Gasteiger partial charge in [0.15, 0.2) is 0 Å². The third kappa shape index (κ3) is 11.8. The van der Waals surface area contributed by atoms with Gasteiger partial charge in [-0.15, -0.1) is 11.3 Å². The Hall–Kier alpha value is -6.66. The van der Waals surface area contributed by atoms with E-state index >= 15 is 0 Å². The van der Waals surface area contributed by atoms with Gasteiger partial charge in [-0.05, 0) is 92.5 Å². The maximum absolute atomic E-state index is 14.0. The van der Waals surface area contributed by atoms with E-state index in [1.54, 1.807) is 16.8 Å². The van der Waals surface area contributed by atoms with Crippen LogP contribution in [-0.2, 0) is 41.7 Å². The molecule has 17 heteroatoms. The molecule has 374 valence electrons. The van der Waals surface area contributed by atoms with E-state index in [1.807, 2.05) is 90.1 Å². The smallest absolute Gasteiger partial charge is 0.329 e. The number of nitrogens with two attached hydrogens (primary N) is 1. The molecule has 1 fully saturated rings. The van der Waals surface area contributed by atoms with E-state index in [2.05, 4.69) is 44.3 Å². The molecule has 8 rings (SSSR count). The molecular weight excluding hydrogens is 925 g/mol. The van der Waals surface area contributed by atoms with Gasteiger partial charge in [-0.1, -0.05) is 74.0 Å². The first kappa shape index (κ1) is 50.7. The van der Waals surface area contributed by atoms with Crippen molar-refractivity contribution in [2.75, 3.05) is 39.6 Å². The Morgan fingerprint density at radius 2 is 1.75 bits per heavy atom. The average Bonchev–Trinajstić information content (AvgIpc) is 4.12. The van der Waals surface area contributed by atoms with Crippen LogP contribution in [0.4, 0.5) is 0 Å². The third-order valence-electron chi connectivity index (χ3n) is 12.9. The summed E-state index contributed by atoms with van der Waals surface area (Å²) in [5, 5.41) is 19.1. The molecule has 2 aliphatic rings. The number of β-amino-alcohol motifs (C(OH)–C–C–N with tert-alkyl or cyclic N) is 1. The SMILES string of the molecule is Cc1ncsc1-c1ccc(COC(=O)[C@@H]2C[C@@H](O)CN2C(=O)[C@@H](NC(=O)COCCCOCCOc2ccc3c(c2)c2c(C(N)=O)cc(-c4c(C)noc4C)cc2n3CC2=CC=CCC2)C(C)(C)C)cc1. The zero-order chi connectivity index (χ0) is 50.4. The molecule has 0 unspecified atom stereocenters. The first-order chi connectivity index (χ1) is 34.1. The Labute approximate surface area is 416 Å². The highest BCUT2D eigenvalue weighted by Crippen LogP contribution is 2.39. The van der Waals surface area contributed by atoms with Gasteiger partial charge < -0.3 is 49.1 Å². The van der Waals surface area contributed by atoms with E-state index in [9.17, 15) is 24.3 Å². The number of hydrogen-bond donors (Lipinski definition) is 3. The molecule has 16 nitrogen and oxygen atoms in total. The second-order valence-corrected chi connectivity index (χ2v) is 20.1. The molecule has 71 heavy (non-hydrogen) atoms. The summed E-state index contributed by atoms with van der Waals surface area (Å²) in [6.07, 6.45) is 7.91. The summed E-state index contributed by atoms with van der Waals surface area (Å²) in [6, 6.07) is 15.4. The molecule has 3 atom stereocenters. The zero-order valence-electron chi connectivity index (χ0n) is 41.1. The maximum Gasteiger partial charge on any atom is 0.329 e. The quantitative estimate of drug-likeness (QED) is 0.0492. The molecule has 3 aromatic carbocycles. The Morgan fingerprint density at radius 1 is 0.958 bits per heavy atom. The molecule has 4 N–H and O–H groups in total. The number of carbonyl (C=O) groups is 4. The van der Waals surface area contributed by atoms with Crippen LogP contribution in [0.2, 0.25) is 0 Å². The van der Waals surface area contributed by atoms with Gasteiger partial charge in [0.2, 0.25) is 17.7 Å². The van der Waals surface area contributed by atoms with Crippen molar-refractivity contribution >= 4 is 56.8 Å². The number of fused-ring (bicyclic) bond motifs is 3. The number of carbonyl (C=O) groups excluding carboxylic acids is 4. The Morgan fingerprint density at radius 3 is 2.44 bits per heavy atom. The molecule has 1 saturated heterocycles. The molecule has 4 heterocycles. The summed E-state index contributed by atoms with van der Waals surface area (Å²) in [7, 11) is 0. The number of amides is 3. The summed E-state index contributed by atoms with van der Waals surface area (Å²) in [5.41, 5.74) is 15.7. The predicted octanol–water partition coefficient (Wildman–Crippen LogP) is 7.91. The number of aromatic nitrogens is 3. The lowest BCUT2D eigenvalue weighted by Crippen LogP contribution is -2.57. The van der Waals surface area contributed by atoms with E-state index in [4.69, 9.17) is 29.2 Å². The molecular formula is C54H62N6O10S. The van der Waals surface area contributed by atoms with Crippen molar-refractivity contribution in [1.29, 1.82) is 0 Å². The van der Waals surface area contributed by atoms with Gasteiger partial charge in [0.1, 0.15) is 43.4 Å². The van der Waals surface area contributed by atoms with E-state index in [0.29, 0.717) is 43.3 Å². The first-order valence-electron chi connectivity index (χ1n) is 24.0. The number of benzene rings is 3. The van der Waals surface area contributed by atoms with Crippen molar-refractivity contribution < 1.29 is 47.8 Å². The van der Waals surface area contributed by atoms with Gasteiger partial charge in [-0.3, -0.25) is 14.4 Å². The van der Waals surface area contributed by atoms with E-state index in [-0.39, 0.29) is 39.4 Å². The summed E-state index contributed by atoms with van der Waals surface area (Å²) in [6.45, 7) is 12.6. The van der Waals surface area contributed by atoms with Crippen molar-refractivity contribution in [1.82, 2.24) is 24.9 Å². The summed E-state index contributed by atoms with van der Waals surface area (Å²) in [5.74, 6) is -0.871. The van der Waals surface area contributed by atoms with E-state index in [0.717, 1.165) is 73.2 Å². The molecule has 3 aromatic heterocycles. The minimum Gasteiger partial charge on any atom is -0.491 e. The summed E-state index contributed by atoms with van der Waals surface area (Å²) < 4.78 is 31.0. The fourth-order valence-electron chi connectivity index (χ4n) is 9.31. The van der Waals surface area contributed by atoms with Crippen LogP contribution >= 0.6 is 11.3 Å². The van der Waals surface area contributed by atoms with Crippen LogP contribution in [-0.4, -0.2) is 106 Å². The van der Waals surface area contributed by atoms with Gasteiger partial charge in [0, 0.05) is 60.1 Å². The number of hydrogen-bond acceptors (Lipinski definition) is 13. The number of likely N-dealkylation sites (tertiary alicyclic amines) is 1. The van der Waals surface area contributed by atoms with Crippen LogP contribution in [0.5, 0.6) is 5.75 Å². The number of allylic oxidation sites excluding steroid dienone is 4. The summed E-state index contributed by atoms with van der Waals surface area (Å²) in [4.78, 5) is 60.3. The normalized spacial score (nSPS) is 16.4. The number of esters is 1. The predicted molar refractivity (Wildman–Crippen MR) is 271 cm³/mol. The third-order valence-corrected chi connectivity index (χ3v) is 13.9. The van der Waals surface area contributed by atoms with Crippen molar-refractivity contribution in [3.8, 4) is 27.3 Å². The number of aliphatic hydroxyl groups excluding tert-OH is 1. The largest absolute Gasteiger partial charge is 0.491 e. The van der Waals surface area contributed by atoms with Crippen molar-refractivity contribution in [3.63, 3.8) is 0 Å². The fourth-order valence-corrected chi connectivity index (χ4v) is 10.1. The lowest BCUT2D eigenvalue weighted by atomic mass is 9.85. The highest BCUT2D eigenvalue weighted by molar-refractivity contribution is 7.13. The van der Waals surface area contributed by atoms with Crippen molar-refractivity contribution in [2.24, 2.45) is 11.1 Å². The van der Waals surface area contributed by atoms with Crippen LogP contribution in [0.1, 0.15) is 79.5 Å². The topological polar surface area (TPSA) is 211 Å². The number of nitrogens with zero attached hydrogens (tertiary/aromatic N) is 4. The number of aliphatic hydroxyl groups is 1. The van der Waals surface area contributed by atoms with Gasteiger partial charge in [0.25, 0.3) is 0 Å². The van der Waals surface area contributed by atoms with Crippen molar-refractivity contribution in [2.45, 2.75) is 98.6 Å². The number of aryl methyl sites for hydroxylation is 3. The molecule has 0 spiro atoms. The van der Waals surface area contributed by atoms with Crippen LogP contribution in [0.25, 0.3) is 43.4 Å². The van der Waals surface area contributed by atoms with Crippen LogP contribution in [0.15, 0.2) is 88.4 Å². The minimum atomic E-state index is -1.00. The van der Waals surface area contributed by atoms with Crippen LogP contribution in [0, 0.1) is 26.2 Å². The number of rotatable bonds is 20. The highest BCUT2D eigenvalue weighted by atomic mass is 32.1. The van der Waals surface area contributed by atoms with E-state index in [1.165, 1.54) is 10.5 Å². The number of ether oxygens (including phenoxy) is 4. The summed E-state index contributed by atoms with van der Waals surface area (Å²) >= 11 is 1.56. The molecule has 1 aliphatic heterocycles. The Balaban J connectivity index is 0.807. The van der Waals surface area contributed by atoms with Crippen molar-refractivity contribution in [3.05, 3.63) is 112 Å². The first-order valence-corrected chi connectivity index (χ1v) is 24.8. The highest BCUT2D eigenvalue weighted by Gasteiger charge is 2.45. The maximum atomic E-state index is 14.0.